The van der Waals surface area contributed by atoms with E-state index in [4.69, 9.17) is 0 Å². The standard InChI is InChI=1S/C18H26N4S/c1-14(21(2)3)16-6-8-22(9-7-16)13-15-11-19-18(20-12-15)17-5-4-10-23-17/h4-5,10-12,14,16H,6-9,13H2,1-3H3. The minimum Gasteiger partial charge on any atom is -0.306 e. The lowest BCUT2D eigenvalue weighted by atomic mass is 9.89. The molecule has 0 aliphatic carbocycles. The Morgan fingerprint density at radius 2 is 1.96 bits per heavy atom. The highest BCUT2D eigenvalue weighted by molar-refractivity contribution is 7.13. The van der Waals surface area contributed by atoms with Crippen LogP contribution >= 0.6 is 11.3 Å². The van der Waals surface area contributed by atoms with Gasteiger partial charge in [-0.3, -0.25) is 4.90 Å². The predicted molar refractivity (Wildman–Crippen MR) is 96.5 cm³/mol. The number of piperidine rings is 1. The molecule has 3 heterocycles. The van der Waals surface area contributed by atoms with Gasteiger partial charge < -0.3 is 4.90 Å². The molecule has 5 heteroatoms. The first kappa shape index (κ1) is 16.6. The average molecular weight is 331 g/mol. The highest BCUT2D eigenvalue weighted by Crippen LogP contribution is 2.24. The van der Waals surface area contributed by atoms with E-state index in [1.165, 1.54) is 31.5 Å². The van der Waals surface area contributed by atoms with Crippen molar-refractivity contribution in [3.05, 3.63) is 35.5 Å². The van der Waals surface area contributed by atoms with Gasteiger partial charge in [-0.2, -0.15) is 0 Å². The number of aromatic nitrogens is 2. The van der Waals surface area contributed by atoms with Gasteiger partial charge in [0.1, 0.15) is 0 Å². The molecule has 124 valence electrons. The van der Waals surface area contributed by atoms with Gasteiger partial charge in [0.05, 0.1) is 4.88 Å². The van der Waals surface area contributed by atoms with E-state index in [1.54, 1.807) is 11.3 Å². The second-order valence-corrected chi connectivity index (χ2v) is 7.66. The fourth-order valence-corrected chi connectivity index (χ4v) is 3.91. The second kappa shape index (κ2) is 7.51. The van der Waals surface area contributed by atoms with Crippen LogP contribution in [0.5, 0.6) is 0 Å². The van der Waals surface area contributed by atoms with Gasteiger partial charge in [0.25, 0.3) is 0 Å². The molecule has 0 amide bonds. The number of hydrogen-bond donors (Lipinski definition) is 0. The van der Waals surface area contributed by atoms with Crippen LogP contribution < -0.4 is 0 Å². The summed E-state index contributed by atoms with van der Waals surface area (Å²) >= 11 is 1.68. The van der Waals surface area contributed by atoms with E-state index >= 15 is 0 Å². The van der Waals surface area contributed by atoms with Crippen LogP contribution in [0.25, 0.3) is 10.7 Å². The highest BCUT2D eigenvalue weighted by atomic mass is 32.1. The molecular formula is C18H26N4S. The van der Waals surface area contributed by atoms with Crippen molar-refractivity contribution in [3.63, 3.8) is 0 Å². The molecule has 3 rings (SSSR count). The lowest BCUT2D eigenvalue weighted by Crippen LogP contribution is -2.41. The maximum atomic E-state index is 4.52. The van der Waals surface area contributed by atoms with Crippen molar-refractivity contribution in [2.75, 3.05) is 27.2 Å². The number of hydrogen-bond acceptors (Lipinski definition) is 5. The molecule has 2 aromatic heterocycles. The normalized spacial score (nSPS) is 18.4. The molecule has 1 aliphatic rings. The Balaban J connectivity index is 1.53. The van der Waals surface area contributed by atoms with Gasteiger partial charge in [-0.1, -0.05) is 6.07 Å². The van der Waals surface area contributed by atoms with Gasteiger partial charge in [0.2, 0.25) is 0 Å². The third-order valence-electron chi connectivity index (χ3n) is 4.98. The first-order chi connectivity index (χ1) is 11.1. The zero-order valence-electron chi connectivity index (χ0n) is 14.3. The minimum atomic E-state index is 0.672. The molecule has 0 N–H and O–H groups in total. The lowest BCUT2D eigenvalue weighted by molar-refractivity contribution is 0.121. The summed E-state index contributed by atoms with van der Waals surface area (Å²) in [6.45, 7) is 5.66. The molecule has 4 nitrogen and oxygen atoms in total. The van der Waals surface area contributed by atoms with Crippen LogP contribution in [-0.4, -0.2) is 53.0 Å². The van der Waals surface area contributed by atoms with Gasteiger partial charge in [0, 0.05) is 30.5 Å². The summed E-state index contributed by atoms with van der Waals surface area (Å²) in [5, 5.41) is 2.06. The maximum absolute atomic E-state index is 4.52. The van der Waals surface area contributed by atoms with Crippen molar-refractivity contribution in [2.24, 2.45) is 5.92 Å². The zero-order chi connectivity index (χ0) is 16.2. The summed E-state index contributed by atoms with van der Waals surface area (Å²) < 4.78 is 0. The Hall–Kier alpha value is -1.30. The fraction of sp³-hybridized carbons (Fsp3) is 0.556. The predicted octanol–water partition coefficient (Wildman–Crippen LogP) is 3.37. The van der Waals surface area contributed by atoms with Gasteiger partial charge in [-0.15, -0.1) is 11.3 Å². The molecule has 0 saturated carbocycles. The van der Waals surface area contributed by atoms with Crippen LogP contribution in [0, 0.1) is 5.92 Å². The zero-order valence-corrected chi connectivity index (χ0v) is 15.1. The van der Waals surface area contributed by atoms with E-state index in [0.29, 0.717) is 6.04 Å². The Labute approximate surface area is 143 Å². The van der Waals surface area contributed by atoms with E-state index in [0.717, 1.165) is 23.2 Å². The first-order valence-electron chi connectivity index (χ1n) is 8.37. The molecular weight excluding hydrogens is 304 g/mol. The van der Waals surface area contributed by atoms with Crippen molar-refractivity contribution in [1.29, 1.82) is 0 Å². The SMILES string of the molecule is CC(C1CCN(Cc2cnc(-c3cccs3)nc2)CC1)N(C)C. The van der Waals surface area contributed by atoms with E-state index in [2.05, 4.69) is 52.2 Å². The van der Waals surface area contributed by atoms with Crippen molar-refractivity contribution in [3.8, 4) is 10.7 Å². The van der Waals surface area contributed by atoms with Crippen LogP contribution in [0.3, 0.4) is 0 Å². The van der Waals surface area contributed by atoms with Crippen LogP contribution in [0.15, 0.2) is 29.9 Å². The highest BCUT2D eigenvalue weighted by Gasteiger charge is 2.24. The minimum absolute atomic E-state index is 0.672. The summed E-state index contributed by atoms with van der Waals surface area (Å²) in [5.41, 5.74) is 1.21. The summed E-state index contributed by atoms with van der Waals surface area (Å²) in [7, 11) is 4.37. The number of thiophene rings is 1. The molecule has 1 unspecified atom stereocenters. The lowest BCUT2D eigenvalue weighted by Gasteiger charge is -2.37. The summed E-state index contributed by atoms with van der Waals surface area (Å²) in [6, 6.07) is 4.78. The summed E-state index contributed by atoms with van der Waals surface area (Å²) in [6.07, 6.45) is 6.54. The molecule has 23 heavy (non-hydrogen) atoms. The topological polar surface area (TPSA) is 32.3 Å². The molecule has 1 aliphatic heterocycles. The second-order valence-electron chi connectivity index (χ2n) is 6.71. The molecule has 1 saturated heterocycles. The van der Waals surface area contributed by atoms with E-state index in [9.17, 15) is 0 Å². The van der Waals surface area contributed by atoms with Gasteiger partial charge in [0.15, 0.2) is 5.82 Å². The largest absolute Gasteiger partial charge is 0.306 e. The molecule has 0 radical (unpaired) electrons. The Morgan fingerprint density at radius 3 is 2.52 bits per heavy atom. The van der Waals surface area contributed by atoms with Gasteiger partial charge >= 0.3 is 0 Å². The molecule has 2 aromatic rings. The molecule has 0 spiro atoms. The summed E-state index contributed by atoms with van der Waals surface area (Å²) in [5.74, 6) is 1.65. The van der Waals surface area contributed by atoms with Gasteiger partial charge in [-0.05, 0) is 64.3 Å². The number of rotatable bonds is 5. The van der Waals surface area contributed by atoms with Crippen molar-refractivity contribution >= 4 is 11.3 Å². The molecule has 1 atom stereocenters. The number of nitrogens with zero attached hydrogens (tertiary/aromatic N) is 4. The monoisotopic (exact) mass is 330 g/mol. The van der Waals surface area contributed by atoms with E-state index in [1.807, 2.05) is 18.5 Å². The fourth-order valence-electron chi connectivity index (χ4n) is 3.24. The third kappa shape index (κ3) is 4.16. The van der Waals surface area contributed by atoms with Gasteiger partial charge in [-0.25, -0.2) is 9.97 Å². The quantitative estimate of drug-likeness (QED) is 0.841. The smallest absolute Gasteiger partial charge is 0.169 e. The maximum Gasteiger partial charge on any atom is 0.169 e. The molecule has 0 bridgehead atoms. The summed E-state index contributed by atoms with van der Waals surface area (Å²) in [4.78, 5) is 15.0. The Kier molecular flexibility index (Phi) is 5.41. The Bertz CT molecular complexity index is 586. The van der Waals surface area contributed by atoms with Crippen LogP contribution in [0.4, 0.5) is 0 Å². The average Bonchev–Trinajstić information content (AvgIpc) is 3.10. The van der Waals surface area contributed by atoms with Crippen molar-refractivity contribution in [1.82, 2.24) is 19.8 Å². The van der Waals surface area contributed by atoms with Crippen molar-refractivity contribution < 1.29 is 0 Å². The Morgan fingerprint density at radius 1 is 1.26 bits per heavy atom. The van der Waals surface area contributed by atoms with E-state index < -0.39 is 0 Å². The number of likely N-dealkylation sites (tertiary alicyclic amines) is 1. The van der Waals surface area contributed by atoms with Crippen LogP contribution in [0.2, 0.25) is 0 Å². The van der Waals surface area contributed by atoms with Crippen LogP contribution in [-0.2, 0) is 6.54 Å². The van der Waals surface area contributed by atoms with Crippen LogP contribution in [0.1, 0.15) is 25.3 Å². The molecule has 0 aromatic carbocycles. The third-order valence-corrected chi connectivity index (χ3v) is 5.85. The van der Waals surface area contributed by atoms with E-state index in [-0.39, 0.29) is 0 Å². The first-order valence-corrected chi connectivity index (χ1v) is 9.25. The molecule has 1 fully saturated rings. The van der Waals surface area contributed by atoms with Crippen molar-refractivity contribution in [2.45, 2.75) is 32.4 Å².